The van der Waals surface area contributed by atoms with Crippen LogP contribution in [0, 0.1) is 5.41 Å². The largest absolute Gasteiger partial charge is 0.326 e. The molecule has 0 aromatic heterocycles. The van der Waals surface area contributed by atoms with E-state index in [0.29, 0.717) is 11.3 Å². The molecule has 1 aliphatic heterocycles. The SMILES string of the molecule is CC(C)(C)C(N)C1CCCCS1. The van der Waals surface area contributed by atoms with Gasteiger partial charge in [-0.3, -0.25) is 0 Å². The van der Waals surface area contributed by atoms with Gasteiger partial charge in [0.1, 0.15) is 0 Å². The van der Waals surface area contributed by atoms with Crippen molar-refractivity contribution in [1.82, 2.24) is 0 Å². The van der Waals surface area contributed by atoms with Crippen LogP contribution in [0.1, 0.15) is 40.0 Å². The fourth-order valence-electron chi connectivity index (χ4n) is 1.61. The quantitative estimate of drug-likeness (QED) is 0.683. The second kappa shape index (κ2) is 4.01. The van der Waals surface area contributed by atoms with Crippen LogP contribution in [0.25, 0.3) is 0 Å². The molecule has 12 heavy (non-hydrogen) atoms. The Labute approximate surface area is 80.5 Å². The molecule has 2 atom stereocenters. The third-order valence-electron chi connectivity index (χ3n) is 2.62. The van der Waals surface area contributed by atoms with Crippen LogP contribution in [0.5, 0.6) is 0 Å². The molecule has 1 heterocycles. The van der Waals surface area contributed by atoms with Crippen LogP contribution in [0.4, 0.5) is 0 Å². The molecule has 0 spiro atoms. The summed E-state index contributed by atoms with van der Waals surface area (Å²) >= 11 is 2.07. The van der Waals surface area contributed by atoms with Crippen LogP contribution in [-0.4, -0.2) is 17.0 Å². The Morgan fingerprint density at radius 3 is 2.42 bits per heavy atom. The molecule has 2 N–H and O–H groups in total. The predicted octanol–water partition coefficient (Wildman–Crippen LogP) is 2.65. The third-order valence-corrected chi connectivity index (χ3v) is 4.10. The molecule has 0 radical (unpaired) electrons. The maximum atomic E-state index is 6.20. The monoisotopic (exact) mass is 187 g/mol. The van der Waals surface area contributed by atoms with Crippen molar-refractivity contribution in [2.24, 2.45) is 11.1 Å². The van der Waals surface area contributed by atoms with Crippen LogP contribution < -0.4 is 5.73 Å². The molecule has 1 saturated heterocycles. The Bertz CT molecular complexity index is 133. The average molecular weight is 187 g/mol. The molecule has 2 heteroatoms. The highest BCUT2D eigenvalue weighted by molar-refractivity contribution is 8.00. The maximum Gasteiger partial charge on any atom is 0.0208 e. The van der Waals surface area contributed by atoms with Gasteiger partial charge >= 0.3 is 0 Å². The molecule has 1 rings (SSSR count). The highest BCUT2D eigenvalue weighted by atomic mass is 32.2. The maximum absolute atomic E-state index is 6.20. The van der Waals surface area contributed by atoms with Gasteiger partial charge in [0, 0.05) is 11.3 Å². The first-order valence-corrected chi connectivity index (χ1v) is 5.94. The summed E-state index contributed by atoms with van der Waals surface area (Å²) in [4.78, 5) is 0. The van der Waals surface area contributed by atoms with Crippen molar-refractivity contribution < 1.29 is 0 Å². The lowest BCUT2D eigenvalue weighted by molar-refractivity contribution is 0.304. The molecule has 72 valence electrons. The normalized spacial score (nSPS) is 28.5. The van der Waals surface area contributed by atoms with E-state index in [4.69, 9.17) is 5.73 Å². The van der Waals surface area contributed by atoms with Gasteiger partial charge in [-0.2, -0.15) is 11.8 Å². The van der Waals surface area contributed by atoms with Crippen LogP contribution in [0.2, 0.25) is 0 Å². The first-order valence-electron chi connectivity index (χ1n) is 4.89. The zero-order chi connectivity index (χ0) is 9.19. The van der Waals surface area contributed by atoms with Crippen molar-refractivity contribution in [3.8, 4) is 0 Å². The van der Waals surface area contributed by atoms with Gasteiger partial charge in [-0.05, 0) is 24.0 Å². The fraction of sp³-hybridized carbons (Fsp3) is 1.00. The summed E-state index contributed by atoms with van der Waals surface area (Å²) in [5.41, 5.74) is 6.48. The summed E-state index contributed by atoms with van der Waals surface area (Å²) < 4.78 is 0. The van der Waals surface area contributed by atoms with Gasteiger partial charge in [-0.15, -0.1) is 0 Å². The Kier molecular flexibility index (Phi) is 3.47. The van der Waals surface area contributed by atoms with Crippen molar-refractivity contribution in [2.45, 2.75) is 51.3 Å². The number of rotatable bonds is 1. The van der Waals surface area contributed by atoms with Gasteiger partial charge in [-0.25, -0.2) is 0 Å². The fourth-order valence-corrected chi connectivity index (χ4v) is 3.23. The average Bonchev–Trinajstić information content (AvgIpc) is 2.03. The molecule has 1 aliphatic rings. The van der Waals surface area contributed by atoms with E-state index in [1.165, 1.54) is 25.0 Å². The molecule has 0 bridgehead atoms. The van der Waals surface area contributed by atoms with Crippen LogP contribution in [-0.2, 0) is 0 Å². The molecule has 0 amide bonds. The zero-order valence-corrected chi connectivity index (χ0v) is 9.29. The van der Waals surface area contributed by atoms with Gasteiger partial charge in [0.2, 0.25) is 0 Å². The van der Waals surface area contributed by atoms with E-state index >= 15 is 0 Å². The Balaban J connectivity index is 2.45. The molecule has 0 aliphatic carbocycles. The van der Waals surface area contributed by atoms with Gasteiger partial charge < -0.3 is 5.73 Å². The minimum absolute atomic E-state index is 0.273. The minimum Gasteiger partial charge on any atom is -0.326 e. The van der Waals surface area contributed by atoms with E-state index in [9.17, 15) is 0 Å². The van der Waals surface area contributed by atoms with E-state index in [1.54, 1.807) is 0 Å². The summed E-state index contributed by atoms with van der Waals surface area (Å²) in [6.45, 7) is 6.73. The van der Waals surface area contributed by atoms with E-state index in [0.717, 1.165) is 0 Å². The van der Waals surface area contributed by atoms with Crippen molar-refractivity contribution in [3.05, 3.63) is 0 Å². The van der Waals surface area contributed by atoms with Crippen LogP contribution in [0.15, 0.2) is 0 Å². The number of thioether (sulfide) groups is 1. The summed E-state index contributed by atoms with van der Waals surface area (Å²) in [5.74, 6) is 1.31. The molecule has 0 saturated carbocycles. The lowest BCUT2D eigenvalue weighted by Crippen LogP contribution is -2.44. The standard InChI is InChI=1S/C10H21NS/c1-10(2,3)9(11)8-6-4-5-7-12-8/h8-9H,4-7,11H2,1-3H3. The lowest BCUT2D eigenvalue weighted by atomic mass is 9.84. The Morgan fingerprint density at radius 2 is 2.00 bits per heavy atom. The summed E-state index contributed by atoms with van der Waals surface area (Å²) in [6.07, 6.45) is 4.09. The zero-order valence-electron chi connectivity index (χ0n) is 8.47. The number of nitrogens with two attached hydrogens (primary N) is 1. The van der Waals surface area contributed by atoms with E-state index in [1.807, 2.05) is 0 Å². The van der Waals surface area contributed by atoms with Crippen LogP contribution in [0.3, 0.4) is 0 Å². The van der Waals surface area contributed by atoms with Crippen molar-refractivity contribution in [1.29, 1.82) is 0 Å². The van der Waals surface area contributed by atoms with Crippen molar-refractivity contribution >= 4 is 11.8 Å². The molecule has 0 aromatic rings. The van der Waals surface area contributed by atoms with Crippen molar-refractivity contribution in [2.75, 3.05) is 5.75 Å². The lowest BCUT2D eigenvalue weighted by Gasteiger charge is -2.35. The highest BCUT2D eigenvalue weighted by Gasteiger charge is 2.30. The molecular formula is C10H21NS. The first-order chi connectivity index (χ1) is 5.52. The topological polar surface area (TPSA) is 26.0 Å². The van der Waals surface area contributed by atoms with Gasteiger partial charge in [0.25, 0.3) is 0 Å². The van der Waals surface area contributed by atoms with Crippen molar-refractivity contribution in [3.63, 3.8) is 0 Å². The predicted molar refractivity (Wildman–Crippen MR) is 57.5 cm³/mol. The van der Waals surface area contributed by atoms with E-state index in [2.05, 4.69) is 32.5 Å². The molecule has 2 unspecified atom stereocenters. The van der Waals surface area contributed by atoms with Gasteiger partial charge in [0.05, 0.1) is 0 Å². The second-order valence-electron chi connectivity index (χ2n) is 4.80. The highest BCUT2D eigenvalue weighted by Crippen LogP contribution is 2.33. The third kappa shape index (κ3) is 2.67. The Morgan fingerprint density at radius 1 is 1.33 bits per heavy atom. The summed E-state index contributed by atoms with van der Waals surface area (Å²) in [5, 5.41) is 0.707. The van der Waals surface area contributed by atoms with Crippen LogP contribution >= 0.6 is 11.8 Å². The van der Waals surface area contributed by atoms with Gasteiger partial charge in [-0.1, -0.05) is 27.2 Å². The second-order valence-corrected chi connectivity index (χ2v) is 6.14. The summed E-state index contributed by atoms with van der Waals surface area (Å²) in [6, 6.07) is 0.364. The number of hydrogen-bond acceptors (Lipinski definition) is 2. The summed E-state index contributed by atoms with van der Waals surface area (Å²) in [7, 11) is 0. The molecular weight excluding hydrogens is 166 g/mol. The molecule has 1 nitrogen and oxygen atoms in total. The Hall–Kier alpha value is 0.310. The molecule has 0 aromatic carbocycles. The van der Waals surface area contributed by atoms with E-state index in [-0.39, 0.29) is 5.41 Å². The smallest absolute Gasteiger partial charge is 0.0208 e. The minimum atomic E-state index is 0.273. The van der Waals surface area contributed by atoms with E-state index < -0.39 is 0 Å². The molecule has 1 fully saturated rings. The van der Waals surface area contributed by atoms with Gasteiger partial charge in [0.15, 0.2) is 0 Å². The first kappa shape index (κ1) is 10.4. The number of hydrogen-bond donors (Lipinski definition) is 1.